The first-order valence-electron chi connectivity index (χ1n) is 6.79. The summed E-state index contributed by atoms with van der Waals surface area (Å²) in [6.07, 6.45) is 0. The molecule has 124 valence electrons. The third-order valence-electron chi connectivity index (χ3n) is 3.23. The number of hydrogen-bond donors (Lipinski definition) is 2. The molecule has 1 amide bonds. The molecule has 9 heteroatoms. The van der Waals surface area contributed by atoms with Gasteiger partial charge in [-0.15, -0.1) is 0 Å². The SMILES string of the molecule is Cc1cc(C(F)(F)Cl)n2nc(C(=O)Nc3ccccc3O)cc2n1. The van der Waals surface area contributed by atoms with Gasteiger partial charge in [0.1, 0.15) is 11.4 Å². The number of aromatic hydroxyl groups is 1. The Hall–Kier alpha value is -2.74. The number of phenols is 1. The van der Waals surface area contributed by atoms with Crippen molar-refractivity contribution in [1.82, 2.24) is 14.6 Å². The third-order valence-corrected chi connectivity index (χ3v) is 3.42. The molecule has 1 aromatic carbocycles. The van der Waals surface area contributed by atoms with Crippen molar-refractivity contribution in [1.29, 1.82) is 0 Å². The van der Waals surface area contributed by atoms with E-state index < -0.39 is 17.0 Å². The van der Waals surface area contributed by atoms with Crippen LogP contribution in [0.2, 0.25) is 0 Å². The smallest absolute Gasteiger partial charge is 0.364 e. The molecule has 2 aromatic heterocycles. The van der Waals surface area contributed by atoms with E-state index in [-0.39, 0.29) is 22.8 Å². The number of hydrogen-bond acceptors (Lipinski definition) is 4. The molecule has 6 nitrogen and oxygen atoms in total. The molecule has 0 saturated heterocycles. The molecule has 2 N–H and O–H groups in total. The summed E-state index contributed by atoms with van der Waals surface area (Å²) >= 11 is 5.09. The van der Waals surface area contributed by atoms with Crippen molar-refractivity contribution in [3.63, 3.8) is 0 Å². The molecule has 3 rings (SSSR count). The van der Waals surface area contributed by atoms with Gasteiger partial charge in [0.25, 0.3) is 5.91 Å². The number of carbonyl (C=O) groups excluding carboxylic acids is 1. The number of aryl methyl sites for hydroxylation is 1. The Morgan fingerprint density at radius 2 is 2.04 bits per heavy atom. The Bertz CT molecular complexity index is 937. The fraction of sp³-hybridized carbons (Fsp3) is 0.133. The van der Waals surface area contributed by atoms with Crippen molar-refractivity contribution in [2.75, 3.05) is 5.32 Å². The first-order valence-corrected chi connectivity index (χ1v) is 7.17. The fourth-order valence-electron chi connectivity index (χ4n) is 2.18. The van der Waals surface area contributed by atoms with Crippen molar-refractivity contribution in [3.8, 4) is 5.75 Å². The number of alkyl halides is 3. The van der Waals surface area contributed by atoms with E-state index in [0.29, 0.717) is 5.69 Å². The van der Waals surface area contributed by atoms with Crippen molar-refractivity contribution < 1.29 is 18.7 Å². The lowest BCUT2D eigenvalue weighted by Gasteiger charge is -2.10. The van der Waals surface area contributed by atoms with Gasteiger partial charge in [-0.1, -0.05) is 12.1 Å². The highest BCUT2D eigenvalue weighted by Gasteiger charge is 2.32. The van der Waals surface area contributed by atoms with E-state index in [0.717, 1.165) is 10.6 Å². The molecule has 0 aliphatic heterocycles. The highest BCUT2D eigenvalue weighted by Crippen LogP contribution is 2.32. The second-order valence-electron chi connectivity index (χ2n) is 5.05. The predicted molar refractivity (Wildman–Crippen MR) is 83.5 cm³/mol. The van der Waals surface area contributed by atoms with Crippen LogP contribution >= 0.6 is 11.6 Å². The van der Waals surface area contributed by atoms with E-state index in [2.05, 4.69) is 15.4 Å². The van der Waals surface area contributed by atoms with Crippen LogP contribution in [0.25, 0.3) is 5.65 Å². The number of halogens is 3. The number of nitrogens with zero attached hydrogens (tertiary/aromatic N) is 3. The largest absolute Gasteiger partial charge is 0.506 e. The first-order chi connectivity index (χ1) is 11.3. The van der Waals surface area contributed by atoms with E-state index in [1.807, 2.05) is 0 Å². The van der Waals surface area contributed by atoms with Gasteiger partial charge in [0, 0.05) is 11.8 Å². The van der Waals surface area contributed by atoms with Gasteiger partial charge in [-0.2, -0.15) is 13.9 Å². The third kappa shape index (κ3) is 3.00. The molecular weight excluding hydrogens is 342 g/mol. The van der Waals surface area contributed by atoms with Crippen LogP contribution in [-0.4, -0.2) is 25.6 Å². The summed E-state index contributed by atoms with van der Waals surface area (Å²) in [6, 6.07) is 8.46. The van der Waals surface area contributed by atoms with Gasteiger partial charge in [0.05, 0.1) is 5.69 Å². The van der Waals surface area contributed by atoms with Crippen LogP contribution in [0.1, 0.15) is 21.9 Å². The maximum atomic E-state index is 13.5. The molecule has 0 fully saturated rings. The van der Waals surface area contributed by atoms with Crippen LogP contribution in [0.5, 0.6) is 5.75 Å². The zero-order chi connectivity index (χ0) is 17.5. The van der Waals surface area contributed by atoms with E-state index in [9.17, 15) is 18.7 Å². The number of anilines is 1. The van der Waals surface area contributed by atoms with Gasteiger partial charge >= 0.3 is 5.38 Å². The molecule has 0 unspecified atom stereocenters. The average molecular weight is 353 g/mol. The van der Waals surface area contributed by atoms with Crippen molar-refractivity contribution in [3.05, 3.63) is 53.5 Å². The molecule has 24 heavy (non-hydrogen) atoms. The van der Waals surface area contributed by atoms with Crippen molar-refractivity contribution in [2.24, 2.45) is 0 Å². The summed E-state index contributed by atoms with van der Waals surface area (Å²) in [5.41, 5.74) is -0.184. The monoisotopic (exact) mass is 352 g/mol. The summed E-state index contributed by atoms with van der Waals surface area (Å²) < 4.78 is 27.9. The molecule has 0 atom stereocenters. The maximum Gasteiger partial charge on any atom is 0.364 e. The molecule has 0 aliphatic rings. The Morgan fingerprint density at radius 3 is 2.71 bits per heavy atom. The predicted octanol–water partition coefficient (Wildman–Crippen LogP) is 3.28. The summed E-state index contributed by atoms with van der Waals surface area (Å²) in [6.45, 7) is 1.53. The molecule has 0 saturated carbocycles. The number of para-hydroxylation sites is 2. The second kappa shape index (κ2) is 5.72. The minimum atomic E-state index is -3.66. The molecule has 0 radical (unpaired) electrons. The second-order valence-corrected chi connectivity index (χ2v) is 5.53. The van der Waals surface area contributed by atoms with Gasteiger partial charge in [0.2, 0.25) is 0 Å². The van der Waals surface area contributed by atoms with Crippen LogP contribution in [0.3, 0.4) is 0 Å². The van der Waals surface area contributed by atoms with Crippen LogP contribution in [0.4, 0.5) is 14.5 Å². The van der Waals surface area contributed by atoms with E-state index in [1.165, 1.54) is 25.1 Å². The Kier molecular flexibility index (Phi) is 3.84. The lowest BCUT2D eigenvalue weighted by atomic mass is 10.3. The number of benzene rings is 1. The zero-order valence-corrected chi connectivity index (χ0v) is 13.1. The lowest BCUT2D eigenvalue weighted by Crippen LogP contribution is -2.15. The minimum Gasteiger partial charge on any atom is -0.506 e. The summed E-state index contributed by atoms with van der Waals surface area (Å²) in [7, 11) is 0. The maximum absolute atomic E-state index is 13.5. The van der Waals surface area contributed by atoms with Gasteiger partial charge < -0.3 is 10.4 Å². The standard InChI is InChI=1S/C15H11ClF2N4O2/c1-8-6-12(15(16,17)18)22-13(19-8)7-10(21-22)14(24)20-9-4-2-3-5-11(9)23/h2-7,23H,1H3,(H,20,24). The fourth-order valence-corrected chi connectivity index (χ4v) is 2.31. The lowest BCUT2D eigenvalue weighted by molar-refractivity contribution is 0.0868. The van der Waals surface area contributed by atoms with Crippen molar-refractivity contribution >= 4 is 28.8 Å². The summed E-state index contributed by atoms with van der Waals surface area (Å²) in [5, 5.41) is 12.3. The minimum absolute atomic E-state index is 0.0627. The first kappa shape index (κ1) is 16.1. The number of phenolic OH excluding ortho intramolecular Hbond substituents is 1. The van der Waals surface area contributed by atoms with Crippen molar-refractivity contribution in [2.45, 2.75) is 12.3 Å². The molecule has 3 aromatic rings. The summed E-state index contributed by atoms with van der Waals surface area (Å²) in [4.78, 5) is 16.3. The van der Waals surface area contributed by atoms with Gasteiger partial charge in [-0.3, -0.25) is 4.79 Å². The number of aromatic nitrogens is 3. The zero-order valence-electron chi connectivity index (χ0n) is 12.3. The topological polar surface area (TPSA) is 79.5 Å². The Morgan fingerprint density at radius 1 is 1.33 bits per heavy atom. The number of rotatable bonds is 3. The molecule has 0 bridgehead atoms. The van der Waals surface area contributed by atoms with Crippen LogP contribution in [-0.2, 0) is 5.38 Å². The van der Waals surface area contributed by atoms with E-state index in [1.54, 1.807) is 12.1 Å². The molecule has 0 spiro atoms. The average Bonchev–Trinajstić information content (AvgIpc) is 2.91. The van der Waals surface area contributed by atoms with E-state index in [4.69, 9.17) is 11.6 Å². The quantitative estimate of drug-likeness (QED) is 0.560. The van der Waals surface area contributed by atoms with Gasteiger partial charge in [-0.25, -0.2) is 9.50 Å². The number of nitrogens with one attached hydrogen (secondary N) is 1. The Balaban J connectivity index is 2.02. The number of fused-ring (bicyclic) bond motifs is 1. The van der Waals surface area contributed by atoms with Crippen LogP contribution in [0, 0.1) is 6.92 Å². The normalized spacial score (nSPS) is 11.7. The molecular formula is C15H11ClF2N4O2. The van der Waals surface area contributed by atoms with Crippen LogP contribution in [0.15, 0.2) is 36.4 Å². The number of carbonyl (C=O) groups is 1. The number of amides is 1. The Labute approximate surface area is 139 Å². The van der Waals surface area contributed by atoms with Gasteiger partial charge in [-0.05, 0) is 36.7 Å². The van der Waals surface area contributed by atoms with E-state index >= 15 is 0 Å². The highest BCUT2D eigenvalue weighted by molar-refractivity contribution is 6.21. The molecule has 0 aliphatic carbocycles. The van der Waals surface area contributed by atoms with Gasteiger partial charge in [0.15, 0.2) is 11.3 Å². The summed E-state index contributed by atoms with van der Waals surface area (Å²) in [5.74, 6) is -0.806. The van der Waals surface area contributed by atoms with Crippen LogP contribution < -0.4 is 5.32 Å². The highest BCUT2D eigenvalue weighted by atomic mass is 35.5. The molecule has 2 heterocycles.